The number of nitrogens with zero attached hydrogens (tertiary/aromatic N) is 4. The third kappa shape index (κ3) is 5.74. The number of hydrogen-bond acceptors (Lipinski definition) is 8. The highest BCUT2D eigenvalue weighted by molar-refractivity contribution is 5.96. The van der Waals surface area contributed by atoms with Crippen molar-refractivity contribution < 1.29 is 32.6 Å². The summed E-state index contributed by atoms with van der Waals surface area (Å²) in [4.78, 5) is 40.1. The van der Waals surface area contributed by atoms with Gasteiger partial charge < -0.3 is 25.8 Å². The maximum atomic E-state index is 13.7. The first-order valence-electron chi connectivity index (χ1n) is 10.2. The fourth-order valence-electron chi connectivity index (χ4n) is 3.45. The normalized spacial score (nSPS) is 16.2. The summed E-state index contributed by atoms with van der Waals surface area (Å²) < 4.78 is 38.6. The van der Waals surface area contributed by atoms with Crippen LogP contribution in [0.15, 0.2) is 18.3 Å². The van der Waals surface area contributed by atoms with E-state index in [-0.39, 0.29) is 29.5 Å². The van der Waals surface area contributed by atoms with Gasteiger partial charge in [0.15, 0.2) is 5.69 Å². The molecule has 0 aromatic carbocycles. The van der Waals surface area contributed by atoms with Crippen LogP contribution < -0.4 is 21.1 Å². The molecule has 0 bridgehead atoms. The van der Waals surface area contributed by atoms with Crippen LogP contribution in [0.25, 0.3) is 11.4 Å². The molecular formula is C20H25F2N7O5. The lowest BCUT2D eigenvalue weighted by Crippen LogP contribution is -2.58. The molecule has 1 saturated carbocycles. The van der Waals surface area contributed by atoms with Crippen LogP contribution in [0.1, 0.15) is 33.6 Å². The molecule has 1 aliphatic rings. The molecule has 0 radical (unpaired) electrons. The van der Waals surface area contributed by atoms with Gasteiger partial charge in [0.2, 0.25) is 11.8 Å². The molecule has 0 unspecified atom stereocenters. The Labute approximate surface area is 193 Å². The Morgan fingerprint density at radius 2 is 1.91 bits per heavy atom. The van der Waals surface area contributed by atoms with E-state index in [9.17, 15) is 23.2 Å². The first-order valence-corrected chi connectivity index (χ1v) is 10.2. The van der Waals surface area contributed by atoms with Gasteiger partial charge in [-0.3, -0.25) is 9.78 Å². The Kier molecular flexibility index (Phi) is 6.44. The quantitative estimate of drug-likeness (QED) is 0.565. The molecule has 2 heterocycles. The molecule has 12 nitrogen and oxygen atoms in total. The number of carbonyl (C=O) groups is 3. The summed E-state index contributed by atoms with van der Waals surface area (Å²) in [5.74, 6) is -3.74. The molecular weight excluding hydrogens is 456 g/mol. The van der Waals surface area contributed by atoms with E-state index in [0.29, 0.717) is 0 Å². The highest BCUT2D eigenvalue weighted by atomic mass is 19.3. The largest absolute Gasteiger partial charge is 0.444 e. The van der Waals surface area contributed by atoms with E-state index < -0.39 is 47.9 Å². The van der Waals surface area contributed by atoms with E-state index in [1.165, 1.54) is 30.1 Å². The Balaban J connectivity index is 1.71. The number of pyridine rings is 1. The lowest BCUT2D eigenvalue weighted by atomic mass is 9.65. The number of amides is 3. The van der Waals surface area contributed by atoms with Crippen LogP contribution in [0.3, 0.4) is 0 Å². The van der Waals surface area contributed by atoms with Crippen LogP contribution in [0.5, 0.6) is 5.88 Å². The summed E-state index contributed by atoms with van der Waals surface area (Å²) in [6.45, 7) is 4.66. The zero-order chi connectivity index (χ0) is 25.3. The second-order valence-corrected chi connectivity index (χ2v) is 9.02. The van der Waals surface area contributed by atoms with E-state index in [1.54, 1.807) is 20.8 Å². The molecule has 0 atom stereocenters. The Morgan fingerprint density at radius 3 is 2.44 bits per heavy atom. The molecule has 0 aliphatic heterocycles. The number of aryl methyl sites for hydroxylation is 1. The van der Waals surface area contributed by atoms with Crippen molar-refractivity contribution in [3.8, 4) is 17.3 Å². The van der Waals surface area contributed by atoms with Gasteiger partial charge in [-0.1, -0.05) is 5.21 Å². The predicted octanol–water partition coefficient (Wildman–Crippen LogP) is 2.21. The minimum atomic E-state index is -3.02. The zero-order valence-electron chi connectivity index (χ0n) is 19.0. The van der Waals surface area contributed by atoms with Gasteiger partial charge in [0.05, 0.1) is 23.0 Å². The number of halogens is 2. The molecule has 3 rings (SSSR count). The number of primary amides is 1. The molecule has 0 spiro atoms. The number of nitrogens with two attached hydrogens (primary N) is 1. The van der Waals surface area contributed by atoms with E-state index in [1.807, 2.05) is 0 Å². The molecule has 2 aromatic rings. The van der Waals surface area contributed by atoms with Gasteiger partial charge in [0, 0.05) is 26.4 Å². The Hall–Kier alpha value is -3.84. The average Bonchev–Trinajstić information content (AvgIpc) is 3.03. The van der Waals surface area contributed by atoms with Crippen molar-refractivity contribution in [1.82, 2.24) is 25.3 Å². The Bertz CT molecular complexity index is 1090. The molecule has 34 heavy (non-hydrogen) atoms. The van der Waals surface area contributed by atoms with E-state index >= 15 is 0 Å². The van der Waals surface area contributed by atoms with Crippen molar-refractivity contribution in [1.29, 1.82) is 0 Å². The fourth-order valence-corrected chi connectivity index (χ4v) is 3.45. The van der Waals surface area contributed by atoms with Crippen LogP contribution in [0.2, 0.25) is 0 Å². The van der Waals surface area contributed by atoms with Gasteiger partial charge in [-0.25, -0.2) is 23.1 Å². The van der Waals surface area contributed by atoms with Gasteiger partial charge in [-0.2, -0.15) is 0 Å². The maximum Gasteiger partial charge on any atom is 0.411 e. The molecule has 3 amide bonds. The average molecular weight is 481 g/mol. The van der Waals surface area contributed by atoms with E-state index in [2.05, 4.69) is 25.9 Å². The number of aromatic nitrogens is 4. The molecule has 2 aromatic heterocycles. The zero-order valence-corrected chi connectivity index (χ0v) is 19.0. The number of ether oxygens (including phenoxy) is 2. The number of nitrogens with one attached hydrogen (secondary N) is 2. The Morgan fingerprint density at radius 1 is 1.24 bits per heavy atom. The van der Waals surface area contributed by atoms with Crippen molar-refractivity contribution in [3.05, 3.63) is 18.3 Å². The molecule has 1 aliphatic carbocycles. The van der Waals surface area contributed by atoms with Gasteiger partial charge in [-0.05, 0) is 32.9 Å². The van der Waals surface area contributed by atoms with Gasteiger partial charge >= 0.3 is 12.2 Å². The third-order valence-electron chi connectivity index (χ3n) is 4.88. The summed E-state index contributed by atoms with van der Waals surface area (Å²) in [7, 11) is 1.49. The number of alkyl halides is 2. The summed E-state index contributed by atoms with van der Waals surface area (Å²) >= 11 is 0. The number of alkyl carbamates (subject to hydrolysis) is 1. The van der Waals surface area contributed by atoms with E-state index in [4.69, 9.17) is 15.2 Å². The van der Waals surface area contributed by atoms with Crippen molar-refractivity contribution in [3.63, 3.8) is 0 Å². The second kappa shape index (κ2) is 8.83. The number of rotatable bonds is 6. The van der Waals surface area contributed by atoms with Crippen LogP contribution in [0.4, 0.5) is 24.1 Å². The number of carbonyl (C=O) groups excluding carboxylic acids is 3. The molecule has 184 valence electrons. The SMILES string of the molecule is Cn1nnc(-c2ccc(NC(=O)C3(CNC(=O)OC(C)(C)C)CC(F)(F)C3)cn2)c1OC(N)=O. The van der Waals surface area contributed by atoms with Crippen molar-refractivity contribution in [2.24, 2.45) is 18.2 Å². The van der Waals surface area contributed by atoms with Crippen LogP contribution in [-0.2, 0) is 16.6 Å². The third-order valence-corrected chi connectivity index (χ3v) is 4.88. The van der Waals surface area contributed by atoms with Crippen LogP contribution in [-0.4, -0.2) is 56.1 Å². The number of anilines is 1. The van der Waals surface area contributed by atoms with Gasteiger partial charge in [0.1, 0.15) is 5.60 Å². The highest BCUT2D eigenvalue weighted by Crippen LogP contribution is 2.52. The lowest BCUT2D eigenvalue weighted by molar-refractivity contribution is -0.173. The number of hydrogen-bond donors (Lipinski definition) is 3. The summed E-state index contributed by atoms with van der Waals surface area (Å²) in [6, 6.07) is 2.93. The minimum Gasteiger partial charge on any atom is -0.444 e. The standard InChI is InChI=1S/C20H25F2N7O5/c1-18(2,3)34-17(32)25-10-19(8-20(21,22)9-19)15(30)26-11-5-6-12(24-7-11)13-14(33-16(23)31)29(4)28-27-13/h5-7H,8-10H2,1-4H3,(H2,23,31)(H,25,32)(H,26,30). The van der Waals surface area contributed by atoms with Gasteiger partial charge in [-0.15, -0.1) is 5.10 Å². The summed E-state index contributed by atoms with van der Waals surface area (Å²) in [5.41, 5.74) is 3.38. The van der Waals surface area contributed by atoms with Crippen molar-refractivity contribution in [2.75, 3.05) is 11.9 Å². The van der Waals surface area contributed by atoms with Crippen molar-refractivity contribution in [2.45, 2.75) is 45.1 Å². The highest BCUT2D eigenvalue weighted by Gasteiger charge is 2.60. The molecule has 0 saturated heterocycles. The smallest absolute Gasteiger partial charge is 0.411 e. The molecule has 14 heteroatoms. The monoisotopic (exact) mass is 481 g/mol. The first kappa shape index (κ1) is 24.8. The first-order chi connectivity index (χ1) is 15.7. The topological polar surface area (TPSA) is 163 Å². The fraction of sp³-hybridized carbons (Fsp3) is 0.500. The van der Waals surface area contributed by atoms with Crippen LogP contribution >= 0.6 is 0 Å². The predicted molar refractivity (Wildman–Crippen MR) is 114 cm³/mol. The van der Waals surface area contributed by atoms with Crippen molar-refractivity contribution >= 4 is 23.8 Å². The van der Waals surface area contributed by atoms with E-state index in [0.717, 1.165) is 0 Å². The summed E-state index contributed by atoms with van der Waals surface area (Å²) in [6.07, 6.45) is -2.03. The minimum absolute atomic E-state index is 0.0272. The molecule has 4 N–H and O–H groups in total. The second-order valence-electron chi connectivity index (χ2n) is 9.02. The maximum absolute atomic E-state index is 13.7. The molecule has 1 fully saturated rings. The lowest BCUT2D eigenvalue weighted by Gasteiger charge is -2.45. The summed E-state index contributed by atoms with van der Waals surface area (Å²) in [5, 5.41) is 12.6. The van der Waals surface area contributed by atoms with Crippen LogP contribution in [0, 0.1) is 5.41 Å². The van der Waals surface area contributed by atoms with Gasteiger partial charge in [0.25, 0.3) is 5.88 Å².